The lowest BCUT2D eigenvalue weighted by atomic mass is 10.2. The van der Waals surface area contributed by atoms with E-state index in [-0.39, 0.29) is 5.91 Å². The summed E-state index contributed by atoms with van der Waals surface area (Å²) >= 11 is 0. The molecule has 0 spiro atoms. The van der Waals surface area contributed by atoms with E-state index in [1.165, 1.54) is 5.56 Å². The van der Waals surface area contributed by atoms with Crippen molar-refractivity contribution < 1.29 is 9.53 Å². The highest BCUT2D eigenvalue weighted by molar-refractivity contribution is 6.05. The monoisotopic (exact) mass is 371 g/mol. The summed E-state index contributed by atoms with van der Waals surface area (Å²) in [7, 11) is 1.77. The van der Waals surface area contributed by atoms with Crippen LogP contribution in [-0.2, 0) is 6.61 Å². The van der Waals surface area contributed by atoms with Crippen molar-refractivity contribution in [3.05, 3.63) is 95.9 Å². The van der Waals surface area contributed by atoms with Gasteiger partial charge in [-0.1, -0.05) is 24.3 Å². The van der Waals surface area contributed by atoms with Crippen molar-refractivity contribution in [2.45, 2.75) is 13.5 Å². The molecule has 0 N–H and O–H groups in total. The number of anilines is 1. The van der Waals surface area contributed by atoms with Crippen LogP contribution >= 0.6 is 0 Å². The lowest BCUT2D eigenvalue weighted by Gasteiger charge is -2.17. The number of hydrogen-bond donors (Lipinski definition) is 0. The van der Waals surface area contributed by atoms with Crippen molar-refractivity contribution in [3.63, 3.8) is 0 Å². The molecule has 0 aliphatic carbocycles. The van der Waals surface area contributed by atoms with E-state index in [1.807, 2.05) is 78.3 Å². The van der Waals surface area contributed by atoms with Gasteiger partial charge in [-0.3, -0.25) is 4.79 Å². The summed E-state index contributed by atoms with van der Waals surface area (Å²) in [5.41, 5.74) is 4.40. The Hall–Kier alpha value is -3.60. The summed E-state index contributed by atoms with van der Waals surface area (Å²) in [6.07, 6.45) is 4.00. The first kappa shape index (κ1) is 17.8. The van der Waals surface area contributed by atoms with E-state index in [4.69, 9.17) is 4.74 Å². The molecule has 0 radical (unpaired) electrons. The molecule has 2 aromatic heterocycles. The highest BCUT2D eigenvalue weighted by atomic mass is 16.5. The predicted octanol–water partition coefficient (Wildman–Crippen LogP) is 4.50. The number of para-hydroxylation sites is 1. The molecule has 5 heteroatoms. The Labute approximate surface area is 163 Å². The molecule has 4 rings (SSSR count). The molecule has 0 fully saturated rings. The van der Waals surface area contributed by atoms with Gasteiger partial charge >= 0.3 is 0 Å². The molecule has 0 saturated carbocycles. The number of hydrogen-bond acceptors (Lipinski definition) is 3. The lowest BCUT2D eigenvalue weighted by molar-refractivity contribution is 0.0993. The van der Waals surface area contributed by atoms with Gasteiger partial charge in [0.15, 0.2) is 0 Å². The number of amides is 1. The molecule has 0 saturated heterocycles. The third-order valence-corrected chi connectivity index (χ3v) is 4.58. The van der Waals surface area contributed by atoms with E-state index in [0.717, 1.165) is 17.0 Å². The number of rotatable bonds is 5. The van der Waals surface area contributed by atoms with E-state index in [0.29, 0.717) is 17.9 Å². The Morgan fingerprint density at radius 2 is 1.75 bits per heavy atom. The molecule has 140 valence electrons. The molecule has 28 heavy (non-hydrogen) atoms. The Morgan fingerprint density at radius 3 is 2.50 bits per heavy atom. The summed E-state index contributed by atoms with van der Waals surface area (Å²) in [6.45, 7) is 2.42. The van der Waals surface area contributed by atoms with Crippen LogP contribution in [0, 0.1) is 6.92 Å². The first-order chi connectivity index (χ1) is 13.6. The molecule has 0 unspecified atom stereocenters. The molecule has 0 bridgehead atoms. The molecule has 4 aromatic rings. The topological polar surface area (TPSA) is 46.8 Å². The number of fused-ring (bicyclic) bond motifs is 1. The van der Waals surface area contributed by atoms with Crippen molar-refractivity contribution in [1.29, 1.82) is 0 Å². The molecule has 2 aromatic carbocycles. The summed E-state index contributed by atoms with van der Waals surface area (Å²) in [5, 5.41) is 0. The van der Waals surface area contributed by atoms with Crippen LogP contribution in [0.1, 0.15) is 21.6 Å². The smallest absolute Gasteiger partial charge is 0.258 e. The number of benzene rings is 2. The number of carbonyl (C=O) groups is 1. The van der Waals surface area contributed by atoms with Crippen LogP contribution in [-0.4, -0.2) is 22.3 Å². The van der Waals surface area contributed by atoms with E-state index >= 15 is 0 Å². The number of aromatic nitrogens is 2. The van der Waals surface area contributed by atoms with Crippen LogP contribution in [0.25, 0.3) is 5.65 Å². The second-order valence-electron chi connectivity index (χ2n) is 6.72. The van der Waals surface area contributed by atoms with E-state index in [9.17, 15) is 4.79 Å². The second-order valence-corrected chi connectivity index (χ2v) is 6.72. The minimum absolute atomic E-state index is 0.0616. The lowest BCUT2D eigenvalue weighted by Crippen LogP contribution is -2.25. The number of aryl methyl sites for hydroxylation is 1. The minimum atomic E-state index is -0.0616. The SMILES string of the molecule is Cc1ccc2nc(COc3ccc(C(=O)N(C)c4ccccc4)cc3)cn2c1. The van der Waals surface area contributed by atoms with Crippen molar-refractivity contribution in [2.75, 3.05) is 11.9 Å². The molecular weight excluding hydrogens is 350 g/mol. The highest BCUT2D eigenvalue weighted by Crippen LogP contribution is 2.18. The van der Waals surface area contributed by atoms with Crippen LogP contribution in [0.2, 0.25) is 0 Å². The Balaban J connectivity index is 1.42. The van der Waals surface area contributed by atoms with Crippen LogP contribution in [0.5, 0.6) is 5.75 Å². The zero-order chi connectivity index (χ0) is 19.5. The van der Waals surface area contributed by atoms with E-state index < -0.39 is 0 Å². The zero-order valence-electron chi connectivity index (χ0n) is 15.9. The molecule has 2 heterocycles. The Kier molecular flexibility index (Phi) is 4.81. The van der Waals surface area contributed by atoms with Gasteiger partial charge in [-0.15, -0.1) is 0 Å². The molecule has 5 nitrogen and oxygen atoms in total. The van der Waals surface area contributed by atoms with Crippen LogP contribution < -0.4 is 9.64 Å². The fourth-order valence-electron chi connectivity index (χ4n) is 3.04. The van der Waals surface area contributed by atoms with Gasteiger partial charge in [0.2, 0.25) is 0 Å². The van der Waals surface area contributed by atoms with Gasteiger partial charge in [0, 0.05) is 30.7 Å². The van der Waals surface area contributed by atoms with Gasteiger partial charge in [-0.25, -0.2) is 4.98 Å². The van der Waals surface area contributed by atoms with Gasteiger partial charge < -0.3 is 14.0 Å². The second kappa shape index (κ2) is 7.56. The van der Waals surface area contributed by atoms with Gasteiger partial charge in [-0.05, 0) is 55.0 Å². The number of nitrogens with zero attached hydrogens (tertiary/aromatic N) is 3. The normalized spacial score (nSPS) is 10.8. The average Bonchev–Trinajstić information content (AvgIpc) is 3.14. The quantitative estimate of drug-likeness (QED) is 0.519. The van der Waals surface area contributed by atoms with E-state index in [1.54, 1.807) is 24.1 Å². The van der Waals surface area contributed by atoms with E-state index in [2.05, 4.69) is 4.98 Å². The first-order valence-corrected chi connectivity index (χ1v) is 9.10. The third kappa shape index (κ3) is 3.74. The zero-order valence-corrected chi connectivity index (χ0v) is 15.9. The van der Waals surface area contributed by atoms with Gasteiger partial charge in [0.05, 0.1) is 5.69 Å². The Morgan fingerprint density at radius 1 is 1.00 bits per heavy atom. The summed E-state index contributed by atoms with van der Waals surface area (Å²) in [6, 6.07) is 20.8. The van der Waals surface area contributed by atoms with Crippen LogP contribution in [0.15, 0.2) is 79.1 Å². The average molecular weight is 371 g/mol. The number of carbonyl (C=O) groups excluding carboxylic acids is 1. The van der Waals surface area contributed by atoms with Gasteiger partial charge in [0.1, 0.15) is 18.0 Å². The van der Waals surface area contributed by atoms with Crippen LogP contribution in [0.4, 0.5) is 5.69 Å². The maximum absolute atomic E-state index is 12.6. The van der Waals surface area contributed by atoms with Crippen molar-refractivity contribution >= 4 is 17.2 Å². The molecular formula is C23H21N3O2. The molecule has 0 atom stereocenters. The third-order valence-electron chi connectivity index (χ3n) is 4.58. The summed E-state index contributed by atoms with van der Waals surface area (Å²) in [5.74, 6) is 0.639. The predicted molar refractivity (Wildman–Crippen MR) is 110 cm³/mol. The van der Waals surface area contributed by atoms with Gasteiger partial charge in [0.25, 0.3) is 5.91 Å². The number of imidazole rings is 1. The standard InChI is InChI=1S/C23H21N3O2/c1-17-8-13-22-24-19(15-26(22)14-17)16-28-21-11-9-18(10-12-21)23(27)25(2)20-6-4-3-5-7-20/h3-15H,16H2,1-2H3. The maximum atomic E-state index is 12.6. The number of ether oxygens (including phenoxy) is 1. The van der Waals surface area contributed by atoms with Crippen molar-refractivity contribution in [1.82, 2.24) is 9.38 Å². The minimum Gasteiger partial charge on any atom is -0.487 e. The largest absolute Gasteiger partial charge is 0.487 e. The van der Waals surface area contributed by atoms with Crippen LogP contribution in [0.3, 0.4) is 0 Å². The highest BCUT2D eigenvalue weighted by Gasteiger charge is 2.13. The fourth-order valence-corrected chi connectivity index (χ4v) is 3.04. The first-order valence-electron chi connectivity index (χ1n) is 9.10. The Bertz CT molecular complexity index is 1100. The maximum Gasteiger partial charge on any atom is 0.258 e. The van der Waals surface area contributed by atoms with Crippen molar-refractivity contribution in [2.24, 2.45) is 0 Å². The molecule has 1 amide bonds. The summed E-state index contributed by atoms with van der Waals surface area (Å²) in [4.78, 5) is 18.8. The fraction of sp³-hybridized carbons (Fsp3) is 0.130. The number of pyridine rings is 1. The molecule has 0 aliphatic rings. The summed E-state index contributed by atoms with van der Waals surface area (Å²) < 4.78 is 7.83. The van der Waals surface area contributed by atoms with Crippen molar-refractivity contribution in [3.8, 4) is 5.75 Å². The molecule has 0 aliphatic heterocycles. The van der Waals surface area contributed by atoms with Gasteiger partial charge in [-0.2, -0.15) is 0 Å².